The van der Waals surface area contributed by atoms with Crippen LogP contribution in [0.4, 0.5) is 0 Å². The molecule has 0 aliphatic heterocycles. The van der Waals surface area contributed by atoms with Crippen molar-refractivity contribution in [1.29, 1.82) is 0 Å². The van der Waals surface area contributed by atoms with Crippen LogP contribution in [0.25, 0.3) is 0 Å². The van der Waals surface area contributed by atoms with Crippen LogP contribution in [-0.2, 0) is 15.4 Å². The molecule has 0 saturated carbocycles. The first-order chi connectivity index (χ1) is 9.12. The molecule has 20 heavy (non-hydrogen) atoms. The van der Waals surface area contributed by atoms with Gasteiger partial charge in [0, 0.05) is 11.9 Å². The summed E-state index contributed by atoms with van der Waals surface area (Å²) in [6.45, 7) is 10.0. The zero-order valence-corrected chi connectivity index (χ0v) is 13.5. The maximum Gasteiger partial charge on any atom is 0.267 e. The Kier molecular flexibility index (Phi) is 3.54. The van der Waals surface area contributed by atoms with Crippen molar-refractivity contribution in [2.75, 3.05) is 0 Å². The molecule has 0 amide bonds. The zero-order chi connectivity index (χ0) is 15.1. The Morgan fingerprint density at radius 2 is 1.55 bits per heavy atom. The van der Waals surface area contributed by atoms with Gasteiger partial charge in [-0.2, -0.15) is 0 Å². The number of nitrogens with zero attached hydrogens (tertiary/aromatic N) is 1. The molecule has 2 aromatic rings. The number of hydrogen-bond donors (Lipinski definition) is 0. The van der Waals surface area contributed by atoms with Gasteiger partial charge in [-0.25, -0.2) is 12.4 Å². The van der Waals surface area contributed by atoms with Crippen LogP contribution in [0.3, 0.4) is 0 Å². The molecule has 108 valence electrons. The summed E-state index contributed by atoms with van der Waals surface area (Å²) in [5, 5.41) is 0. The Morgan fingerprint density at radius 3 is 1.95 bits per heavy atom. The predicted octanol–water partition coefficient (Wildman–Crippen LogP) is 3.64. The van der Waals surface area contributed by atoms with E-state index in [1.165, 1.54) is 3.97 Å². The largest absolute Gasteiger partial charge is 0.267 e. The van der Waals surface area contributed by atoms with Crippen LogP contribution >= 0.6 is 0 Å². The maximum atomic E-state index is 12.6. The third-order valence-corrected chi connectivity index (χ3v) is 5.16. The van der Waals surface area contributed by atoms with Gasteiger partial charge in [-0.05, 0) is 48.6 Å². The summed E-state index contributed by atoms with van der Waals surface area (Å²) in [6, 6.07) is 9.01. The fourth-order valence-corrected chi connectivity index (χ4v) is 3.66. The van der Waals surface area contributed by atoms with Gasteiger partial charge < -0.3 is 0 Å². The van der Waals surface area contributed by atoms with Crippen LogP contribution in [0.1, 0.15) is 37.6 Å². The van der Waals surface area contributed by atoms with Crippen molar-refractivity contribution >= 4 is 10.0 Å². The number of aryl methyl sites for hydroxylation is 2. The quantitative estimate of drug-likeness (QED) is 0.847. The minimum atomic E-state index is -3.49. The molecule has 2 rings (SSSR count). The number of benzene rings is 1. The fraction of sp³-hybridized carbons (Fsp3) is 0.375. The Labute approximate surface area is 121 Å². The Morgan fingerprint density at radius 1 is 1.00 bits per heavy atom. The molecule has 0 aliphatic carbocycles. The molecule has 0 N–H and O–H groups in total. The van der Waals surface area contributed by atoms with Gasteiger partial charge in [0.1, 0.15) is 0 Å². The minimum absolute atomic E-state index is 0.0161. The van der Waals surface area contributed by atoms with Gasteiger partial charge in [-0.1, -0.05) is 32.9 Å². The summed E-state index contributed by atoms with van der Waals surface area (Å²) in [6.07, 6.45) is 1.66. The van der Waals surface area contributed by atoms with Crippen molar-refractivity contribution in [2.45, 2.75) is 44.9 Å². The molecule has 1 heterocycles. The minimum Gasteiger partial charge on any atom is -0.246 e. The van der Waals surface area contributed by atoms with Crippen molar-refractivity contribution in [3.63, 3.8) is 0 Å². The van der Waals surface area contributed by atoms with Gasteiger partial charge in [0.25, 0.3) is 10.0 Å². The third-order valence-electron chi connectivity index (χ3n) is 3.38. The molecular weight excluding hydrogens is 270 g/mol. The maximum absolute atomic E-state index is 12.6. The van der Waals surface area contributed by atoms with E-state index in [-0.39, 0.29) is 5.41 Å². The van der Waals surface area contributed by atoms with E-state index in [0.29, 0.717) is 4.90 Å². The Hall–Kier alpha value is -1.55. The molecule has 0 radical (unpaired) electrons. The molecule has 0 fully saturated rings. The molecule has 0 aliphatic rings. The second-order valence-electron chi connectivity index (χ2n) is 6.23. The molecule has 0 unspecified atom stereocenters. The van der Waals surface area contributed by atoms with E-state index in [0.717, 1.165) is 16.8 Å². The van der Waals surface area contributed by atoms with Crippen LogP contribution in [0.2, 0.25) is 0 Å². The summed E-state index contributed by atoms with van der Waals surface area (Å²) in [7, 11) is -3.49. The molecule has 4 heteroatoms. The summed E-state index contributed by atoms with van der Waals surface area (Å²) in [5.41, 5.74) is 2.80. The molecule has 1 aromatic carbocycles. The van der Waals surface area contributed by atoms with Crippen molar-refractivity contribution < 1.29 is 8.42 Å². The standard InChI is InChI=1S/C16H21NO2S/c1-12-10-13(2)17(11-12)20(18,19)15-8-6-14(7-9-15)16(3,4)5/h6-11H,1-5H3. The number of aromatic nitrogens is 1. The van der Waals surface area contributed by atoms with Crippen molar-refractivity contribution in [2.24, 2.45) is 0 Å². The van der Waals surface area contributed by atoms with E-state index < -0.39 is 10.0 Å². The average Bonchev–Trinajstić information content (AvgIpc) is 2.68. The van der Waals surface area contributed by atoms with Gasteiger partial charge in [0.2, 0.25) is 0 Å². The van der Waals surface area contributed by atoms with Gasteiger partial charge in [0.15, 0.2) is 0 Å². The first-order valence-electron chi connectivity index (χ1n) is 6.64. The molecule has 0 bridgehead atoms. The first-order valence-corrected chi connectivity index (χ1v) is 8.08. The van der Waals surface area contributed by atoms with E-state index in [2.05, 4.69) is 20.8 Å². The molecule has 0 atom stereocenters. The third kappa shape index (κ3) is 2.66. The van der Waals surface area contributed by atoms with Crippen LogP contribution < -0.4 is 0 Å². The van der Waals surface area contributed by atoms with Crippen LogP contribution in [0, 0.1) is 13.8 Å². The summed E-state index contributed by atoms with van der Waals surface area (Å²) in [4.78, 5) is 0.323. The average molecular weight is 291 g/mol. The molecule has 3 nitrogen and oxygen atoms in total. The lowest BCUT2D eigenvalue weighted by Gasteiger charge is -2.19. The highest BCUT2D eigenvalue weighted by molar-refractivity contribution is 7.90. The van der Waals surface area contributed by atoms with Crippen molar-refractivity contribution in [3.05, 3.63) is 53.3 Å². The Bertz CT molecular complexity index is 717. The van der Waals surface area contributed by atoms with Gasteiger partial charge in [-0.15, -0.1) is 0 Å². The lowest BCUT2D eigenvalue weighted by molar-refractivity contribution is 0.581. The monoisotopic (exact) mass is 291 g/mol. The topological polar surface area (TPSA) is 39.1 Å². The zero-order valence-electron chi connectivity index (χ0n) is 12.6. The lowest BCUT2D eigenvalue weighted by Crippen LogP contribution is -2.15. The number of hydrogen-bond acceptors (Lipinski definition) is 2. The summed E-state index contributed by atoms with van der Waals surface area (Å²) >= 11 is 0. The van der Waals surface area contributed by atoms with E-state index in [9.17, 15) is 8.42 Å². The highest BCUT2D eigenvalue weighted by Gasteiger charge is 2.20. The molecule has 0 spiro atoms. The highest BCUT2D eigenvalue weighted by Crippen LogP contribution is 2.25. The fourth-order valence-electron chi connectivity index (χ4n) is 2.22. The van der Waals surface area contributed by atoms with Crippen molar-refractivity contribution in [1.82, 2.24) is 3.97 Å². The SMILES string of the molecule is Cc1cc(C)n(S(=O)(=O)c2ccc(C(C)(C)C)cc2)c1. The normalized spacial score (nSPS) is 12.7. The molecular formula is C16H21NO2S. The van der Waals surface area contributed by atoms with Crippen LogP contribution in [-0.4, -0.2) is 12.4 Å². The van der Waals surface area contributed by atoms with E-state index in [4.69, 9.17) is 0 Å². The first kappa shape index (κ1) is 14.9. The van der Waals surface area contributed by atoms with Crippen molar-refractivity contribution in [3.8, 4) is 0 Å². The van der Waals surface area contributed by atoms with Gasteiger partial charge >= 0.3 is 0 Å². The van der Waals surface area contributed by atoms with E-state index >= 15 is 0 Å². The second kappa shape index (κ2) is 4.77. The van der Waals surface area contributed by atoms with Crippen LogP contribution in [0.15, 0.2) is 41.4 Å². The second-order valence-corrected chi connectivity index (χ2v) is 8.05. The van der Waals surface area contributed by atoms with Crippen LogP contribution in [0.5, 0.6) is 0 Å². The van der Waals surface area contributed by atoms with Gasteiger partial charge in [-0.3, -0.25) is 0 Å². The Balaban J connectivity index is 2.48. The smallest absolute Gasteiger partial charge is 0.246 e. The highest BCUT2D eigenvalue weighted by atomic mass is 32.2. The molecule has 0 saturated heterocycles. The summed E-state index contributed by atoms with van der Waals surface area (Å²) in [5.74, 6) is 0. The predicted molar refractivity (Wildman–Crippen MR) is 81.6 cm³/mol. The summed E-state index contributed by atoms with van der Waals surface area (Å²) < 4.78 is 26.5. The number of rotatable bonds is 2. The molecule has 1 aromatic heterocycles. The van der Waals surface area contributed by atoms with Gasteiger partial charge in [0.05, 0.1) is 4.90 Å². The van der Waals surface area contributed by atoms with E-state index in [1.807, 2.05) is 25.1 Å². The lowest BCUT2D eigenvalue weighted by atomic mass is 9.87. The van der Waals surface area contributed by atoms with E-state index in [1.54, 1.807) is 25.3 Å².